The Morgan fingerprint density at radius 2 is 1.17 bits per heavy atom. The second kappa shape index (κ2) is 8.01. The van der Waals surface area contributed by atoms with E-state index in [9.17, 15) is 0 Å². The first-order valence-electron chi connectivity index (χ1n) is 5.47. The van der Waals surface area contributed by atoms with Crippen LogP contribution in [-0.4, -0.2) is 0 Å². The molecule has 0 aromatic heterocycles. The number of benzene rings is 2. The smallest absolute Gasteiger partial charge is 0.0289 e. The second-order valence-electron chi connectivity index (χ2n) is 3.78. The van der Waals surface area contributed by atoms with Crippen LogP contribution in [0.1, 0.15) is 11.1 Å². The minimum atomic E-state index is 1.07. The summed E-state index contributed by atoms with van der Waals surface area (Å²) in [6.07, 6.45) is 0. The number of hydrogen-bond donors (Lipinski definition) is 0. The summed E-state index contributed by atoms with van der Waals surface area (Å²) in [4.78, 5) is 0. The number of rotatable bonds is 5. The van der Waals surface area contributed by atoms with Gasteiger partial charge in [-0.25, -0.2) is 0 Å². The molecule has 0 amide bonds. The summed E-state index contributed by atoms with van der Waals surface area (Å²) < 4.78 is 2.63. The molecule has 0 unspecified atom stereocenters. The van der Waals surface area contributed by atoms with Crippen LogP contribution in [-0.2, 0) is 11.5 Å². The van der Waals surface area contributed by atoms with Gasteiger partial charge in [-0.15, -0.1) is 0 Å². The molecule has 4 heteroatoms. The van der Waals surface area contributed by atoms with Crippen LogP contribution in [0.4, 0.5) is 0 Å². The normalized spacial score (nSPS) is 10.6. The molecular formula is C14H12I2S2. The molecule has 94 valence electrons. The van der Waals surface area contributed by atoms with Gasteiger partial charge in [0.1, 0.15) is 0 Å². The molecule has 0 saturated carbocycles. The van der Waals surface area contributed by atoms with Gasteiger partial charge in [0, 0.05) is 18.6 Å². The van der Waals surface area contributed by atoms with Crippen LogP contribution in [0.15, 0.2) is 48.5 Å². The van der Waals surface area contributed by atoms with E-state index < -0.39 is 0 Å². The Balaban J connectivity index is 1.76. The van der Waals surface area contributed by atoms with Gasteiger partial charge in [-0.1, -0.05) is 45.9 Å². The Kier molecular flexibility index (Phi) is 6.68. The third-order valence-corrected chi connectivity index (χ3v) is 5.93. The predicted octanol–water partition coefficient (Wildman–Crippen LogP) is 5.98. The maximum atomic E-state index is 2.36. The van der Waals surface area contributed by atoms with Crippen molar-refractivity contribution in [2.24, 2.45) is 0 Å². The molecule has 0 bridgehead atoms. The third kappa shape index (κ3) is 5.30. The summed E-state index contributed by atoms with van der Waals surface area (Å²) in [5, 5.41) is 0. The van der Waals surface area contributed by atoms with Crippen molar-refractivity contribution in [3.8, 4) is 0 Å². The van der Waals surface area contributed by atoms with Crippen molar-refractivity contribution in [3.05, 3.63) is 66.8 Å². The molecule has 2 aromatic carbocycles. The number of hydrogen-bond acceptors (Lipinski definition) is 2. The first kappa shape index (κ1) is 15.0. The molecule has 0 spiro atoms. The molecule has 0 heterocycles. The van der Waals surface area contributed by atoms with E-state index in [1.54, 1.807) is 0 Å². The van der Waals surface area contributed by atoms with Gasteiger partial charge in [-0.2, -0.15) is 0 Å². The van der Waals surface area contributed by atoms with Gasteiger partial charge < -0.3 is 0 Å². The van der Waals surface area contributed by atoms with Gasteiger partial charge in [-0.3, -0.25) is 0 Å². The average Bonchev–Trinajstić information content (AvgIpc) is 2.35. The van der Waals surface area contributed by atoms with Crippen LogP contribution in [0.5, 0.6) is 0 Å². The average molecular weight is 498 g/mol. The zero-order valence-corrected chi connectivity index (χ0v) is 15.6. The summed E-state index contributed by atoms with van der Waals surface area (Å²) in [6, 6.07) is 17.4. The van der Waals surface area contributed by atoms with E-state index in [2.05, 4.69) is 93.7 Å². The molecule has 2 rings (SSSR count). The highest BCUT2D eigenvalue weighted by Gasteiger charge is 1.98. The Bertz CT molecular complexity index is 467. The lowest BCUT2D eigenvalue weighted by molar-refractivity contribution is 1.40. The Morgan fingerprint density at radius 3 is 1.56 bits per heavy atom. The van der Waals surface area contributed by atoms with Crippen LogP contribution >= 0.6 is 66.8 Å². The van der Waals surface area contributed by atoms with Gasteiger partial charge in [-0.05, 0) is 80.6 Å². The van der Waals surface area contributed by atoms with Crippen molar-refractivity contribution in [2.45, 2.75) is 11.5 Å². The van der Waals surface area contributed by atoms with E-state index in [0.29, 0.717) is 0 Å². The Morgan fingerprint density at radius 1 is 0.722 bits per heavy atom. The third-order valence-electron chi connectivity index (χ3n) is 2.31. The molecule has 0 radical (unpaired) electrons. The predicted molar refractivity (Wildman–Crippen MR) is 101 cm³/mol. The molecule has 0 aliphatic rings. The molecule has 0 atom stereocenters. The largest absolute Gasteiger partial charge is 0.0890 e. The van der Waals surface area contributed by atoms with Gasteiger partial charge in [0.15, 0.2) is 0 Å². The van der Waals surface area contributed by atoms with E-state index >= 15 is 0 Å². The molecule has 0 fully saturated rings. The zero-order chi connectivity index (χ0) is 12.8. The maximum absolute atomic E-state index is 2.36. The molecule has 0 nitrogen and oxygen atoms in total. The summed E-state index contributed by atoms with van der Waals surface area (Å²) in [7, 11) is 3.85. The number of halogens is 2. The van der Waals surface area contributed by atoms with Crippen LogP contribution in [0.25, 0.3) is 0 Å². The SMILES string of the molecule is Ic1cccc(CSSCc2cccc(I)c2)c1. The highest BCUT2D eigenvalue weighted by molar-refractivity contribution is 14.1. The molecule has 0 aliphatic carbocycles. The first-order valence-corrected chi connectivity index (χ1v) is 10.1. The highest BCUT2D eigenvalue weighted by Crippen LogP contribution is 2.30. The quantitative estimate of drug-likeness (QED) is 0.283. The van der Waals surface area contributed by atoms with E-state index in [1.807, 2.05) is 21.6 Å². The maximum Gasteiger partial charge on any atom is 0.0289 e. The van der Waals surface area contributed by atoms with Crippen molar-refractivity contribution in [2.75, 3.05) is 0 Å². The fourth-order valence-electron chi connectivity index (χ4n) is 1.47. The Hall–Kier alpha value is 0.600. The second-order valence-corrected chi connectivity index (χ2v) is 8.74. The standard InChI is InChI=1S/C14H12I2S2/c15-13-5-1-3-11(7-13)9-17-18-10-12-4-2-6-14(16)8-12/h1-8H,9-10H2. The molecule has 0 saturated heterocycles. The van der Waals surface area contributed by atoms with Gasteiger partial charge >= 0.3 is 0 Å². The first-order chi connectivity index (χ1) is 8.74. The summed E-state index contributed by atoms with van der Waals surface area (Å²) in [6.45, 7) is 0. The Labute approximate surface area is 143 Å². The zero-order valence-electron chi connectivity index (χ0n) is 9.61. The van der Waals surface area contributed by atoms with Crippen LogP contribution in [0.2, 0.25) is 0 Å². The van der Waals surface area contributed by atoms with Gasteiger partial charge in [0.2, 0.25) is 0 Å². The van der Waals surface area contributed by atoms with Gasteiger partial charge in [0.25, 0.3) is 0 Å². The monoisotopic (exact) mass is 498 g/mol. The summed E-state index contributed by atoms with van der Waals surface area (Å²) in [5.41, 5.74) is 2.81. The molecule has 2 aromatic rings. The molecule has 0 aliphatic heterocycles. The van der Waals surface area contributed by atoms with Crippen molar-refractivity contribution < 1.29 is 0 Å². The lowest BCUT2D eigenvalue weighted by Crippen LogP contribution is -1.82. The fourth-order valence-corrected chi connectivity index (χ4v) is 4.80. The van der Waals surface area contributed by atoms with Gasteiger partial charge in [0.05, 0.1) is 0 Å². The van der Waals surface area contributed by atoms with Crippen LogP contribution in [0, 0.1) is 7.14 Å². The minimum Gasteiger partial charge on any atom is -0.0890 e. The molecule has 18 heavy (non-hydrogen) atoms. The van der Waals surface area contributed by atoms with Crippen molar-refractivity contribution in [1.82, 2.24) is 0 Å². The summed E-state index contributed by atoms with van der Waals surface area (Å²) in [5.74, 6) is 2.15. The summed E-state index contributed by atoms with van der Waals surface area (Å²) >= 11 is 4.73. The lowest BCUT2D eigenvalue weighted by Gasteiger charge is -2.03. The topological polar surface area (TPSA) is 0 Å². The van der Waals surface area contributed by atoms with E-state index in [-0.39, 0.29) is 0 Å². The van der Waals surface area contributed by atoms with Crippen molar-refractivity contribution in [1.29, 1.82) is 0 Å². The van der Waals surface area contributed by atoms with Crippen LogP contribution < -0.4 is 0 Å². The van der Waals surface area contributed by atoms with E-state index in [1.165, 1.54) is 18.3 Å². The molecule has 0 N–H and O–H groups in total. The lowest BCUT2D eigenvalue weighted by atomic mass is 10.2. The molecular weight excluding hydrogens is 486 g/mol. The van der Waals surface area contributed by atoms with Crippen LogP contribution in [0.3, 0.4) is 0 Å². The fraction of sp³-hybridized carbons (Fsp3) is 0.143. The van der Waals surface area contributed by atoms with E-state index in [4.69, 9.17) is 0 Å². The van der Waals surface area contributed by atoms with Crippen molar-refractivity contribution >= 4 is 66.8 Å². The van der Waals surface area contributed by atoms with E-state index in [0.717, 1.165) is 11.5 Å². The van der Waals surface area contributed by atoms with Crippen molar-refractivity contribution in [3.63, 3.8) is 0 Å². The minimum absolute atomic E-state index is 1.07. The highest BCUT2D eigenvalue weighted by atomic mass is 127.